The van der Waals surface area contributed by atoms with Crippen LogP contribution in [-0.4, -0.2) is 81.2 Å². The predicted octanol–water partition coefficient (Wildman–Crippen LogP) is 0.107. The Morgan fingerprint density at radius 1 is 1.17 bits per heavy atom. The molecule has 0 aromatic rings. The second kappa shape index (κ2) is 8.41. The molecule has 1 atom stereocenters. The molecule has 134 valence electrons. The molecule has 1 N–H and O–H groups in total. The molecule has 0 radical (unpaired) electrons. The first-order chi connectivity index (χ1) is 10.9. The van der Waals surface area contributed by atoms with Crippen LogP contribution in [0, 0.1) is 5.92 Å². The van der Waals surface area contributed by atoms with E-state index < -0.39 is 10.2 Å². The Bertz CT molecular complexity index is 489. The van der Waals surface area contributed by atoms with Gasteiger partial charge in [-0.15, -0.1) is 0 Å². The molecule has 0 saturated carbocycles. The monoisotopic (exact) mass is 346 g/mol. The van der Waals surface area contributed by atoms with E-state index in [1.165, 1.54) is 48.6 Å². The third-order valence-corrected chi connectivity index (χ3v) is 6.60. The molecule has 2 heterocycles. The van der Waals surface area contributed by atoms with Crippen molar-refractivity contribution in [2.24, 2.45) is 5.92 Å². The van der Waals surface area contributed by atoms with Crippen molar-refractivity contribution in [1.29, 1.82) is 0 Å². The van der Waals surface area contributed by atoms with Crippen LogP contribution in [0.2, 0.25) is 0 Å². The van der Waals surface area contributed by atoms with E-state index in [1.807, 2.05) is 0 Å². The Hall–Kier alpha value is -0.700. The zero-order valence-corrected chi connectivity index (χ0v) is 15.1. The molecule has 0 bridgehead atoms. The highest BCUT2D eigenvalue weighted by atomic mass is 32.2. The molecule has 0 aromatic carbocycles. The van der Waals surface area contributed by atoms with Gasteiger partial charge >= 0.3 is 0 Å². The highest BCUT2D eigenvalue weighted by Crippen LogP contribution is 2.20. The van der Waals surface area contributed by atoms with E-state index in [-0.39, 0.29) is 11.8 Å². The van der Waals surface area contributed by atoms with E-state index in [9.17, 15) is 13.2 Å². The molecule has 0 aliphatic carbocycles. The lowest BCUT2D eigenvalue weighted by molar-refractivity contribution is -0.126. The van der Waals surface area contributed by atoms with E-state index in [0.29, 0.717) is 19.6 Å². The Morgan fingerprint density at radius 3 is 2.52 bits per heavy atom. The number of hydrogen-bond acceptors (Lipinski definition) is 4. The highest BCUT2D eigenvalue weighted by Gasteiger charge is 2.33. The van der Waals surface area contributed by atoms with E-state index in [1.54, 1.807) is 0 Å². The topological polar surface area (TPSA) is 73.0 Å². The lowest BCUT2D eigenvalue weighted by Gasteiger charge is -2.32. The van der Waals surface area contributed by atoms with Gasteiger partial charge in [-0.05, 0) is 51.7 Å². The van der Waals surface area contributed by atoms with Crippen LogP contribution in [0.4, 0.5) is 0 Å². The number of piperidine rings is 1. The average molecular weight is 346 g/mol. The molecule has 1 amide bonds. The largest absolute Gasteiger partial charge is 0.356 e. The van der Waals surface area contributed by atoms with Gasteiger partial charge in [0.05, 0.1) is 5.92 Å². The Balaban J connectivity index is 1.73. The van der Waals surface area contributed by atoms with Crippen LogP contribution in [0.25, 0.3) is 0 Å². The molecule has 2 fully saturated rings. The summed E-state index contributed by atoms with van der Waals surface area (Å²) >= 11 is 0. The van der Waals surface area contributed by atoms with Crippen LogP contribution in [0.5, 0.6) is 0 Å². The SMILES string of the molecule is CN(C)S(=O)(=O)N1CCCC(C(=O)NCCCN2CCCC2)C1. The number of rotatable bonds is 7. The van der Waals surface area contributed by atoms with Crippen LogP contribution < -0.4 is 5.32 Å². The van der Waals surface area contributed by atoms with E-state index in [4.69, 9.17) is 0 Å². The van der Waals surface area contributed by atoms with Gasteiger partial charge in [-0.1, -0.05) is 0 Å². The molecule has 2 aliphatic heterocycles. The number of amides is 1. The zero-order chi connectivity index (χ0) is 16.9. The summed E-state index contributed by atoms with van der Waals surface area (Å²) in [5, 5.41) is 2.98. The van der Waals surface area contributed by atoms with Gasteiger partial charge in [-0.2, -0.15) is 17.0 Å². The molecule has 2 rings (SSSR count). The van der Waals surface area contributed by atoms with Crippen LogP contribution in [0.15, 0.2) is 0 Å². The van der Waals surface area contributed by atoms with Gasteiger partial charge in [-0.3, -0.25) is 4.79 Å². The van der Waals surface area contributed by atoms with Crippen molar-refractivity contribution in [3.8, 4) is 0 Å². The van der Waals surface area contributed by atoms with Crippen molar-refractivity contribution < 1.29 is 13.2 Å². The molecule has 0 spiro atoms. The van der Waals surface area contributed by atoms with E-state index in [0.717, 1.165) is 25.8 Å². The summed E-state index contributed by atoms with van der Waals surface area (Å²) in [7, 11) is -0.372. The molecule has 2 saturated heterocycles. The van der Waals surface area contributed by atoms with E-state index in [2.05, 4.69) is 10.2 Å². The maximum Gasteiger partial charge on any atom is 0.281 e. The van der Waals surface area contributed by atoms with Gasteiger partial charge in [0, 0.05) is 33.7 Å². The average Bonchev–Trinajstić information content (AvgIpc) is 3.04. The summed E-state index contributed by atoms with van der Waals surface area (Å²) in [4.78, 5) is 14.7. The van der Waals surface area contributed by atoms with Crippen molar-refractivity contribution >= 4 is 16.1 Å². The summed E-state index contributed by atoms with van der Waals surface area (Å²) in [5.74, 6) is -0.240. The van der Waals surface area contributed by atoms with Crippen LogP contribution in [-0.2, 0) is 15.0 Å². The van der Waals surface area contributed by atoms with Gasteiger partial charge < -0.3 is 10.2 Å². The highest BCUT2D eigenvalue weighted by molar-refractivity contribution is 7.86. The quantitative estimate of drug-likeness (QED) is 0.664. The third-order valence-electron chi connectivity index (χ3n) is 4.69. The molecule has 7 nitrogen and oxygen atoms in total. The third kappa shape index (κ3) is 5.14. The number of nitrogens with zero attached hydrogens (tertiary/aromatic N) is 3. The minimum absolute atomic E-state index is 0.00919. The lowest BCUT2D eigenvalue weighted by atomic mass is 9.99. The van der Waals surface area contributed by atoms with Crippen LogP contribution in [0.3, 0.4) is 0 Å². The zero-order valence-electron chi connectivity index (χ0n) is 14.3. The Kier molecular flexibility index (Phi) is 6.82. The maximum atomic E-state index is 12.3. The number of hydrogen-bond donors (Lipinski definition) is 1. The first-order valence-corrected chi connectivity index (χ1v) is 9.98. The number of carbonyl (C=O) groups excluding carboxylic acids is 1. The number of likely N-dealkylation sites (tertiary alicyclic amines) is 1. The Labute approximate surface area is 140 Å². The summed E-state index contributed by atoms with van der Waals surface area (Å²) < 4.78 is 27.0. The minimum atomic E-state index is -3.42. The van der Waals surface area contributed by atoms with Crippen LogP contribution >= 0.6 is 0 Å². The molecule has 23 heavy (non-hydrogen) atoms. The van der Waals surface area contributed by atoms with Gasteiger partial charge in [0.25, 0.3) is 10.2 Å². The van der Waals surface area contributed by atoms with Gasteiger partial charge in [0.2, 0.25) is 5.91 Å². The fourth-order valence-electron chi connectivity index (χ4n) is 3.26. The van der Waals surface area contributed by atoms with Crippen LogP contribution in [0.1, 0.15) is 32.1 Å². The number of carbonyl (C=O) groups is 1. The first kappa shape index (κ1) is 18.6. The standard InChI is InChI=1S/C15H30N4O3S/c1-17(2)23(21,22)19-12-5-7-14(13-19)15(20)16-8-6-11-18-9-3-4-10-18/h14H,3-13H2,1-2H3,(H,16,20). The van der Waals surface area contributed by atoms with Crippen molar-refractivity contribution in [2.75, 3.05) is 53.4 Å². The van der Waals surface area contributed by atoms with Gasteiger partial charge in [-0.25, -0.2) is 0 Å². The summed E-state index contributed by atoms with van der Waals surface area (Å²) in [6, 6.07) is 0. The first-order valence-electron chi connectivity index (χ1n) is 8.59. The van der Waals surface area contributed by atoms with Gasteiger partial charge in [0.1, 0.15) is 0 Å². The molecule has 2 aliphatic rings. The molecule has 0 aromatic heterocycles. The summed E-state index contributed by atoms with van der Waals surface area (Å²) in [6.07, 6.45) is 5.02. The molecular weight excluding hydrogens is 316 g/mol. The van der Waals surface area contributed by atoms with E-state index >= 15 is 0 Å². The van der Waals surface area contributed by atoms with Crippen molar-refractivity contribution in [2.45, 2.75) is 32.1 Å². The predicted molar refractivity (Wildman–Crippen MR) is 90.2 cm³/mol. The van der Waals surface area contributed by atoms with Crippen molar-refractivity contribution in [3.63, 3.8) is 0 Å². The summed E-state index contributed by atoms with van der Waals surface area (Å²) in [5.41, 5.74) is 0. The molecule has 1 unspecified atom stereocenters. The fourth-order valence-corrected chi connectivity index (χ4v) is 4.45. The fraction of sp³-hybridized carbons (Fsp3) is 0.933. The summed E-state index contributed by atoms with van der Waals surface area (Å²) in [6.45, 7) is 4.85. The second-order valence-corrected chi connectivity index (χ2v) is 8.82. The second-order valence-electron chi connectivity index (χ2n) is 6.68. The molecule has 8 heteroatoms. The van der Waals surface area contributed by atoms with Crippen molar-refractivity contribution in [3.05, 3.63) is 0 Å². The normalized spacial score (nSPS) is 24.2. The lowest BCUT2D eigenvalue weighted by Crippen LogP contribution is -2.49. The van der Waals surface area contributed by atoms with Gasteiger partial charge in [0.15, 0.2) is 0 Å². The smallest absolute Gasteiger partial charge is 0.281 e. The van der Waals surface area contributed by atoms with Crippen molar-refractivity contribution in [1.82, 2.24) is 18.8 Å². The minimum Gasteiger partial charge on any atom is -0.356 e. The maximum absolute atomic E-state index is 12.3. The molecular formula is C15H30N4O3S. The number of nitrogens with one attached hydrogen (secondary N) is 1. The Morgan fingerprint density at radius 2 is 1.87 bits per heavy atom.